The average Bonchev–Trinajstić information content (AvgIpc) is 3.66. The van der Waals surface area contributed by atoms with Crippen molar-refractivity contribution in [2.24, 2.45) is 0 Å². The zero-order chi connectivity index (χ0) is 33.4. The fourth-order valence-electron chi connectivity index (χ4n) is 9.23. The van der Waals surface area contributed by atoms with Crippen molar-refractivity contribution in [3.05, 3.63) is 46.2 Å². The van der Waals surface area contributed by atoms with Crippen LogP contribution in [-0.4, -0.2) is 83.1 Å². The molecule has 0 radical (unpaired) electrons. The van der Waals surface area contributed by atoms with E-state index in [4.69, 9.17) is 34.4 Å². The van der Waals surface area contributed by atoms with Gasteiger partial charge in [-0.2, -0.15) is 15.2 Å². The molecule has 5 aliphatic rings. The van der Waals surface area contributed by atoms with Crippen molar-refractivity contribution in [2.75, 3.05) is 33.0 Å². The number of nitrogens with one attached hydrogen (secondary N) is 1. The fourth-order valence-corrected chi connectivity index (χ4v) is 9.23. The molecule has 2 aliphatic heterocycles. The molecule has 5 unspecified atom stereocenters. The maximum absolute atomic E-state index is 13.9. The van der Waals surface area contributed by atoms with Crippen LogP contribution in [-0.2, 0) is 23.0 Å². The van der Waals surface area contributed by atoms with E-state index in [1.54, 1.807) is 13.2 Å². The molecule has 3 aromatic rings. The summed E-state index contributed by atoms with van der Waals surface area (Å²) >= 11 is 0. The fraction of sp³-hybridized carbons (Fsp3) is 0.600. The van der Waals surface area contributed by atoms with E-state index in [1.165, 1.54) is 0 Å². The highest BCUT2D eigenvalue weighted by Crippen LogP contribution is 2.54. The Morgan fingerprint density at radius 2 is 1.94 bits per heavy atom. The van der Waals surface area contributed by atoms with Gasteiger partial charge in [-0.15, -0.1) is 0 Å². The van der Waals surface area contributed by atoms with Gasteiger partial charge in [-0.1, -0.05) is 11.2 Å². The summed E-state index contributed by atoms with van der Waals surface area (Å²) in [4.78, 5) is 11.8. The number of ether oxygens (including phenoxy) is 3. The zero-order valence-corrected chi connectivity index (χ0v) is 27.5. The third-order valence-electron chi connectivity index (χ3n) is 11.5. The molecular weight excluding hydrogens is 620 g/mol. The first kappa shape index (κ1) is 31.4. The lowest BCUT2D eigenvalue weighted by molar-refractivity contribution is -0.193. The van der Waals surface area contributed by atoms with Crippen molar-refractivity contribution in [1.29, 1.82) is 5.26 Å². The quantitative estimate of drug-likeness (QED) is 0.344. The predicted octanol–water partition coefficient (Wildman–Crippen LogP) is 4.55. The predicted molar refractivity (Wildman–Crippen MR) is 171 cm³/mol. The van der Waals surface area contributed by atoms with Gasteiger partial charge in [-0.05, 0) is 76.1 Å². The van der Waals surface area contributed by atoms with Crippen LogP contribution in [0.1, 0.15) is 79.9 Å². The molecule has 2 saturated heterocycles. The number of methoxy groups -OCH3 is 1. The minimum absolute atomic E-state index is 0.00176. The number of aryl methyl sites for hydroxylation is 1. The van der Waals surface area contributed by atoms with Crippen LogP contribution in [0, 0.1) is 11.3 Å². The van der Waals surface area contributed by atoms with Gasteiger partial charge in [0.15, 0.2) is 17.3 Å². The maximum Gasteiger partial charge on any atom is 0.252 e. The number of benzene rings is 1. The summed E-state index contributed by atoms with van der Waals surface area (Å²) in [5.41, 5.74) is 9.45. The van der Waals surface area contributed by atoms with Crippen LogP contribution < -0.4 is 20.5 Å². The van der Waals surface area contributed by atoms with Crippen LogP contribution in [0.3, 0.4) is 0 Å². The molecule has 1 aromatic carbocycles. The van der Waals surface area contributed by atoms with Crippen LogP contribution in [0.25, 0.3) is 11.5 Å². The number of nitrogens with two attached hydrogens (primary N) is 1. The Kier molecular flexibility index (Phi) is 7.43. The molecule has 8 rings (SSSR count). The minimum atomic E-state index is -2.70. The molecule has 13 heteroatoms. The van der Waals surface area contributed by atoms with E-state index in [2.05, 4.69) is 21.4 Å². The highest BCUT2D eigenvalue weighted by Gasteiger charge is 2.65. The summed E-state index contributed by atoms with van der Waals surface area (Å²) in [6.07, 6.45) is 4.59. The standard InChI is InChI=1S/C35H41F2N7O4/c1-19(30-24(45-3)10-13-44(30)2)46-26-14-27(47-25-16-40-34(25)17-35(36,37)18-34)42-32(41-26)29-21-7-5-12-33(31(21)48-43-29)11-4-6-20-8-9-23(39)22(15-38)28(20)33/h8-9,14,19,24-25,30,40H,4-7,10-13,16-18,39H2,1-3H3. The molecule has 5 atom stereocenters. The van der Waals surface area contributed by atoms with Crippen molar-refractivity contribution in [3.8, 4) is 29.3 Å². The average molecular weight is 662 g/mol. The number of hydrogen-bond acceptors (Lipinski definition) is 11. The lowest BCUT2D eigenvalue weighted by Crippen LogP contribution is -2.78. The van der Waals surface area contributed by atoms with Crippen molar-refractivity contribution >= 4 is 5.69 Å². The molecule has 48 heavy (non-hydrogen) atoms. The van der Waals surface area contributed by atoms with Crippen molar-refractivity contribution < 1.29 is 27.5 Å². The Morgan fingerprint density at radius 1 is 1.17 bits per heavy atom. The second kappa shape index (κ2) is 11.4. The molecule has 2 spiro atoms. The lowest BCUT2D eigenvalue weighted by Gasteiger charge is -2.58. The summed E-state index contributed by atoms with van der Waals surface area (Å²) in [5.74, 6) is -1.17. The lowest BCUT2D eigenvalue weighted by atomic mass is 9.61. The number of alkyl halides is 2. The van der Waals surface area contributed by atoms with Gasteiger partial charge in [0.25, 0.3) is 5.92 Å². The van der Waals surface area contributed by atoms with E-state index in [9.17, 15) is 14.0 Å². The Morgan fingerprint density at radius 3 is 2.65 bits per heavy atom. The van der Waals surface area contributed by atoms with Crippen molar-refractivity contribution in [1.82, 2.24) is 25.3 Å². The topological polar surface area (TPSA) is 145 Å². The van der Waals surface area contributed by atoms with Crippen molar-refractivity contribution in [3.63, 3.8) is 0 Å². The Bertz CT molecular complexity index is 1780. The van der Waals surface area contributed by atoms with Gasteiger partial charge in [-0.25, -0.2) is 8.78 Å². The van der Waals surface area contributed by atoms with Crippen LogP contribution in [0.4, 0.5) is 14.5 Å². The Hall–Kier alpha value is -3.86. The number of hydrogen-bond donors (Lipinski definition) is 2. The van der Waals surface area contributed by atoms with E-state index in [-0.39, 0.29) is 42.8 Å². The normalized spacial score (nSPS) is 29.0. The van der Waals surface area contributed by atoms with E-state index < -0.39 is 23.0 Å². The molecule has 3 N–H and O–H groups in total. The third-order valence-corrected chi connectivity index (χ3v) is 11.5. The molecule has 4 heterocycles. The molecular formula is C35H41F2N7O4. The number of nitrogens with zero attached hydrogens (tertiary/aromatic N) is 5. The minimum Gasteiger partial charge on any atom is -0.473 e. The van der Waals surface area contributed by atoms with E-state index in [0.29, 0.717) is 35.8 Å². The highest BCUT2D eigenvalue weighted by atomic mass is 19.3. The second-order valence-electron chi connectivity index (χ2n) is 14.4. The molecule has 0 bridgehead atoms. The number of likely N-dealkylation sites (N-methyl/N-ethyl adjacent to an activating group) is 1. The summed E-state index contributed by atoms with van der Waals surface area (Å²) < 4.78 is 52.7. The summed E-state index contributed by atoms with van der Waals surface area (Å²) in [5, 5.41) is 17.9. The first-order chi connectivity index (χ1) is 23.1. The summed E-state index contributed by atoms with van der Waals surface area (Å²) in [6, 6.07) is 7.85. The molecule has 3 aliphatic carbocycles. The monoisotopic (exact) mass is 661 g/mol. The Labute approximate surface area is 278 Å². The number of halogens is 2. The molecule has 0 amide bonds. The van der Waals surface area contributed by atoms with Crippen molar-refractivity contribution in [2.45, 2.75) is 106 Å². The largest absolute Gasteiger partial charge is 0.473 e. The molecule has 1 saturated carbocycles. The van der Waals surface area contributed by atoms with Crippen LogP contribution in [0.2, 0.25) is 0 Å². The van der Waals surface area contributed by atoms with Gasteiger partial charge in [0.05, 0.1) is 34.7 Å². The van der Waals surface area contributed by atoms with Crippen LogP contribution in [0.5, 0.6) is 11.8 Å². The zero-order valence-electron chi connectivity index (χ0n) is 27.5. The number of nitrogen functional groups attached to an aromatic ring is 1. The van der Waals surface area contributed by atoms with E-state index in [0.717, 1.165) is 67.5 Å². The van der Waals surface area contributed by atoms with E-state index in [1.807, 2.05) is 26.1 Å². The molecule has 11 nitrogen and oxygen atoms in total. The number of rotatable bonds is 7. The molecule has 2 aromatic heterocycles. The molecule has 254 valence electrons. The molecule has 3 fully saturated rings. The summed E-state index contributed by atoms with van der Waals surface area (Å²) in [7, 11) is 3.76. The number of likely N-dealkylation sites (tertiary alicyclic amines) is 1. The highest BCUT2D eigenvalue weighted by molar-refractivity contribution is 5.67. The van der Waals surface area contributed by atoms with Gasteiger partial charge in [0.2, 0.25) is 11.8 Å². The summed E-state index contributed by atoms with van der Waals surface area (Å²) in [6.45, 7) is 3.32. The van der Waals surface area contributed by atoms with Crippen LogP contribution >= 0.6 is 0 Å². The van der Waals surface area contributed by atoms with Gasteiger partial charge >= 0.3 is 0 Å². The first-order valence-corrected chi connectivity index (χ1v) is 17.0. The number of aromatic nitrogens is 3. The second-order valence-corrected chi connectivity index (χ2v) is 14.4. The SMILES string of the molecule is COC1CCN(C)C1C(C)Oc1cc(OC2CNC23CC(F)(F)C3)nc(-c2noc3c2CCCC32CCCc3ccc(N)c(C#N)c32)n1. The van der Waals surface area contributed by atoms with Gasteiger partial charge in [0, 0.05) is 44.3 Å². The number of fused-ring (bicyclic) bond motifs is 4. The first-order valence-electron chi connectivity index (χ1n) is 17.0. The number of nitriles is 1. The third kappa shape index (κ3) is 4.86. The van der Waals surface area contributed by atoms with Gasteiger partial charge in [0.1, 0.15) is 18.3 Å². The Balaban J connectivity index is 1.18. The maximum atomic E-state index is 13.9. The number of anilines is 1. The van der Waals surface area contributed by atoms with Crippen LogP contribution in [0.15, 0.2) is 22.7 Å². The van der Waals surface area contributed by atoms with Gasteiger partial charge < -0.3 is 29.8 Å². The smallest absolute Gasteiger partial charge is 0.252 e. The van der Waals surface area contributed by atoms with Gasteiger partial charge in [-0.3, -0.25) is 4.90 Å². The van der Waals surface area contributed by atoms with E-state index >= 15 is 0 Å².